The lowest BCUT2D eigenvalue weighted by Gasteiger charge is -2.43. The Morgan fingerprint density at radius 3 is 2.62 bits per heavy atom. The van der Waals surface area contributed by atoms with Gasteiger partial charge in [-0.1, -0.05) is 48.0 Å². The number of aryl methyl sites for hydroxylation is 1. The second-order valence-electron chi connectivity index (χ2n) is 10.7. The fourth-order valence-corrected chi connectivity index (χ4v) is 5.53. The third-order valence-electron chi connectivity index (χ3n) is 7.55. The predicted molar refractivity (Wildman–Crippen MR) is 155 cm³/mol. The third-order valence-corrected chi connectivity index (χ3v) is 7.97. The number of piperidine rings is 1. The van der Waals surface area contributed by atoms with E-state index in [1.807, 2.05) is 85.6 Å². The molecule has 3 aromatic rings. The van der Waals surface area contributed by atoms with Crippen LogP contribution in [0.4, 0.5) is 0 Å². The van der Waals surface area contributed by atoms with Crippen molar-refractivity contribution in [3.8, 4) is 11.5 Å². The molecule has 208 valence electrons. The first kappa shape index (κ1) is 28.9. The summed E-state index contributed by atoms with van der Waals surface area (Å²) in [4.78, 5) is 17.8. The summed E-state index contributed by atoms with van der Waals surface area (Å²) in [6.07, 6.45) is 2.29. The molecule has 1 atom stereocenters. The zero-order valence-corrected chi connectivity index (χ0v) is 23.9. The minimum absolute atomic E-state index is 0.0719. The van der Waals surface area contributed by atoms with E-state index in [2.05, 4.69) is 4.90 Å². The number of methoxy groups -OCH3 is 1. The molecule has 4 rings (SSSR count). The van der Waals surface area contributed by atoms with Gasteiger partial charge in [0.15, 0.2) is 0 Å². The van der Waals surface area contributed by atoms with Crippen molar-refractivity contribution in [2.75, 3.05) is 33.9 Å². The van der Waals surface area contributed by atoms with Crippen molar-refractivity contribution in [3.63, 3.8) is 0 Å². The first-order valence-electron chi connectivity index (χ1n) is 13.5. The van der Waals surface area contributed by atoms with E-state index in [1.54, 1.807) is 7.11 Å². The topological polar surface area (TPSA) is 62.2 Å². The van der Waals surface area contributed by atoms with E-state index in [-0.39, 0.29) is 17.9 Å². The molecule has 1 aliphatic rings. The Balaban J connectivity index is 1.52. The van der Waals surface area contributed by atoms with Crippen LogP contribution in [0, 0.1) is 12.3 Å². The first-order valence-corrected chi connectivity index (χ1v) is 13.8. The molecule has 3 aromatic carbocycles. The normalized spacial score (nSPS) is 17.6. The first-order chi connectivity index (χ1) is 18.8. The van der Waals surface area contributed by atoms with E-state index >= 15 is 0 Å². The average Bonchev–Trinajstić information content (AvgIpc) is 2.94. The highest BCUT2D eigenvalue weighted by atomic mass is 35.5. The number of aliphatic hydroxyl groups excluding tert-OH is 1. The van der Waals surface area contributed by atoms with Gasteiger partial charge in [0.2, 0.25) is 5.91 Å². The lowest BCUT2D eigenvalue weighted by molar-refractivity contribution is -0.135. The van der Waals surface area contributed by atoms with Crippen LogP contribution < -0.4 is 9.47 Å². The van der Waals surface area contributed by atoms with Gasteiger partial charge in [0, 0.05) is 49.1 Å². The van der Waals surface area contributed by atoms with Gasteiger partial charge in [-0.05, 0) is 73.3 Å². The number of hydrogen-bond donors (Lipinski definition) is 1. The highest BCUT2D eigenvalue weighted by molar-refractivity contribution is 6.31. The molecule has 0 radical (unpaired) electrons. The van der Waals surface area contributed by atoms with E-state index in [1.165, 1.54) is 0 Å². The molecule has 0 aromatic heterocycles. The van der Waals surface area contributed by atoms with Crippen molar-refractivity contribution in [1.82, 2.24) is 9.80 Å². The quantitative estimate of drug-likeness (QED) is 0.324. The van der Waals surface area contributed by atoms with Crippen molar-refractivity contribution >= 4 is 17.5 Å². The molecule has 0 unspecified atom stereocenters. The molecule has 1 aliphatic heterocycles. The van der Waals surface area contributed by atoms with Crippen LogP contribution >= 0.6 is 11.6 Å². The molecule has 0 aliphatic carbocycles. The van der Waals surface area contributed by atoms with E-state index in [0.29, 0.717) is 30.3 Å². The number of benzene rings is 3. The summed E-state index contributed by atoms with van der Waals surface area (Å²) in [6, 6.07) is 21.7. The maximum absolute atomic E-state index is 13.5. The standard InChI is InChI=1S/C32H39ClN2O4/c1-24-16-28(11-12-29(24)33)39-23-32(18-31(37)34(2)19-25-8-5-4-6-9-25)14-7-15-35(22-32)20-26-10-13-30(38-3)27(17-26)21-36/h4-6,8-13,16-17,36H,7,14-15,18-23H2,1-3H3/t32-/m0/s1. The molecule has 6 nitrogen and oxygen atoms in total. The van der Waals surface area contributed by atoms with E-state index in [9.17, 15) is 9.90 Å². The number of carbonyl (C=O) groups excluding carboxylic acids is 1. The minimum atomic E-state index is -0.333. The summed E-state index contributed by atoms with van der Waals surface area (Å²) in [5.41, 5.74) is 3.63. The zero-order valence-electron chi connectivity index (χ0n) is 23.2. The Kier molecular flexibility index (Phi) is 9.89. The lowest BCUT2D eigenvalue weighted by Crippen LogP contribution is -2.48. The van der Waals surface area contributed by atoms with Crippen LogP contribution in [-0.4, -0.2) is 54.7 Å². The Morgan fingerprint density at radius 2 is 1.90 bits per heavy atom. The minimum Gasteiger partial charge on any atom is -0.496 e. The SMILES string of the molecule is COc1ccc(CN2CCC[C@](COc3ccc(Cl)c(C)c3)(CC(=O)N(C)Cc3ccccc3)C2)cc1CO. The molecule has 1 amide bonds. The Hall–Kier alpha value is -3.06. The van der Waals surface area contributed by atoms with Crippen LogP contribution in [0.1, 0.15) is 41.5 Å². The number of halogens is 1. The van der Waals surface area contributed by atoms with Gasteiger partial charge in [0.25, 0.3) is 0 Å². The van der Waals surface area contributed by atoms with Gasteiger partial charge in [0.05, 0.1) is 20.3 Å². The van der Waals surface area contributed by atoms with Crippen molar-refractivity contribution in [1.29, 1.82) is 0 Å². The fourth-order valence-electron chi connectivity index (χ4n) is 5.41. The van der Waals surface area contributed by atoms with Crippen LogP contribution in [0.15, 0.2) is 66.7 Å². The monoisotopic (exact) mass is 550 g/mol. The average molecular weight is 551 g/mol. The predicted octanol–water partition coefficient (Wildman–Crippen LogP) is 5.86. The van der Waals surface area contributed by atoms with E-state index in [4.69, 9.17) is 21.1 Å². The number of carbonyl (C=O) groups is 1. The van der Waals surface area contributed by atoms with Crippen molar-refractivity contribution in [2.45, 2.75) is 45.9 Å². The second-order valence-corrected chi connectivity index (χ2v) is 11.1. The van der Waals surface area contributed by atoms with Gasteiger partial charge in [-0.25, -0.2) is 0 Å². The smallest absolute Gasteiger partial charge is 0.223 e. The summed E-state index contributed by atoms with van der Waals surface area (Å²) >= 11 is 6.23. The summed E-state index contributed by atoms with van der Waals surface area (Å²) < 4.78 is 11.7. The fraction of sp³-hybridized carbons (Fsp3) is 0.406. The summed E-state index contributed by atoms with van der Waals surface area (Å²) in [5.74, 6) is 1.57. The molecule has 1 saturated heterocycles. The molecule has 0 spiro atoms. The highest BCUT2D eigenvalue weighted by Gasteiger charge is 2.39. The molecule has 39 heavy (non-hydrogen) atoms. The third kappa shape index (κ3) is 7.75. The van der Waals surface area contributed by atoms with Crippen LogP contribution in [0.5, 0.6) is 11.5 Å². The zero-order chi connectivity index (χ0) is 27.8. The largest absolute Gasteiger partial charge is 0.496 e. The summed E-state index contributed by atoms with van der Waals surface area (Å²) in [7, 11) is 3.49. The molecule has 0 saturated carbocycles. The summed E-state index contributed by atoms with van der Waals surface area (Å²) in [6.45, 7) is 5.32. The number of likely N-dealkylation sites (tertiary alicyclic amines) is 1. The number of hydrogen-bond acceptors (Lipinski definition) is 5. The number of ether oxygens (including phenoxy) is 2. The number of amides is 1. The lowest BCUT2D eigenvalue weighted by atomic mass is 9.77. The maximum Gasteiger partial charge on any atom is 0.223 e. The molecule has 1 heterocycles. The molecule has 7 heteroatoms. The second kappa shape index (κ2) is 13.3. The van der Waals surface area contributed by atoms with Crippen LogP contribution in [0.25, 0.3) is 0 Å². The van der Waals surface area contributed by atoms with Gasteiger partial charge in [-0.15, -0.1) is 0 Å². The van der Waals surface area contributed by atoms with Crippen molar-refractivity contribution in [3.05, 3.63) is 94.0 Å². The number of rotatable bonds is 11. The van der Waals surface area contributed by atoms with Crippen LogP contribution in [-0.2, 0) is 24.5 Å². The van der Waals surface area contributed by atoms with Crippen LogP contribution in [0.3, 0.4) is 0 Å². The highest BCUT2D eigenvalue weighted by Crippen LogP contribution is 2.36. The Bertz CT molecular complexity index is 1250. The molecular weight excluding hydrogens is 512 g/mol. The molecule has 0 bridgehead atoms. The molecule has 1 N–H and O–H groups in total. The molecular formula is C32H39ClN2O4. The van der Waals surface area contributed by atoms with Crippen LogP contribution in [0.2, 0.25) is 5.02 Å². The van der Waals surface area contributed by atoms with Gasteiger partial charge in [0.1, 0.15) is 11.5 Å². The number of nitrogens with zero attached hydrogens (tertiary/aromatic N) is 2. The Morgan fingerprint density at radius 1 is 1.10 bits per heavy atom. The van der Waals surface area contributed by atoms with Gasteiger partial charge < -0.3 is 19.5 Å². The van der Waals surface area contributed by atoms with Crippen molar-refractivity contribution in [2.24, 2.45) is 5.41 Å². The van der Waals surface area contributed by atoms with Gasteiger partial charge >= 0.3 is 0 Å². The van der Waals surface area contributed by atoms with Gasteiger partial charge in [-0.2, -0.15) is 0 Å². The maximum atomic E-state index is 13.5. The van der Waals surface area contributed by atoms with Gasteiger partial charge in [-0.3, -0.25) is 9.69 Å². The van der Waals surface area contributed by atoms with E-state index in [0.717, 1.165) is 60.5 Å². The van der Waals surface area contributed by atoms with E-state index < -0.39 is 0 Å². The summed E-state index contributed by atoms with van der Waals surface area (Å²) in [5, 5.41) is 10.5. The molecule has 1 fully saturated rings. The Labute approximate surface area is 237 Å². The van der Waals surface area contributed by atoms with Crippen molar-refractivity contribution < 1.29 is 19.4 Å². The number of aliphatic hydroxyl groups is 1.